The number of anilines is 2. The molecule has 1 aliphatic heterocycles. The number of H-pyrrole nitrogens is 1. The Morgan fingerprint density at radius 3 is 2.74 bits per heavy atom. The molecule has 6 nitrogen and oxygen atoms in total. The third-order valence-corrected chi connectivity index (χ3v) is 4.76. The molecule has 0 saturated heterocycles. The molecule has 27 heavy (non-hydrogen) atoms. The van der Waals surface area contributed by atoms with Crippen LogP contribution in [0.15, 0.2) is 52.4 Å². The molecule has 3 aromatic rings. The van der Waals surface area contributed by atoms with Crippen LogP contribution in [-0.2, 0) is 0 Å². The number of fused-ring (bicyclic) bond motifs is 2. The summed E-state index contributed by atoms with van der Waals surface area (Å²) in [5.41, 5.74) is 8.33. The number of aryl methyl sites for hydroxylation is 2. The van der Waals surface area contributed by atoms with Crippen LogP contribution in [0.3, 0.4) is 0 Å². The van der Waals surface area contributed by atoms with E-state index in [9.17, 15) is 4.79 Å². The van der Waals surface area contributed by atoms with Gasteiger partial charge in [0.05, 0.1) is 6.21 Å². The molecule has 4 rings (SSSR count). The summed E-state index contributed by atoms with van der Waals surface area (Å²) in [4.78, 5) is 18.6. The van der Waals surface area contributed by atoms with Gasteiger partial charge in [0.15, 0.2) is 0 Å². The number of hydrazone groups is 1. The summed E-state index contributed by atoms with van der Waals surface area (Å²) in [6, 6.07) is 13.3. The molecule has 1 aliphatic rings. The predicted octanol–water partition coefficient (Wildman–Crippen LogP) is 3.81. The highest BCUT2D eigenvalue weighted by Gasteiger charge is 2.29. The molecule has 0 aliphatic carbocycles. The molecule has 0 bridgehead atoms. The predicted molar refractivity (Wildman–Crippen MR) is 108 cm³/mol. The Kier molecular flexibility index (Phi) is 4.41. The Hall–Kier alpha value is -3.12. The SMILES string of the molecule is Cc1ccc(C=NNC2c3cc(Cl)ccc3Nc3nc(=O)[nH]c(C)c32)cc1. The van der Waals surface area contributed by atoms with Gasteiger partial charge in [-0.3, -0.25) is 5.43 Å². The number of aromatic amines is 1. The van der Waals surface area contributed by atoms with Crippen molar-refractivity contribution in [1.82, 2.24) is 15.4 Å². The maximum Gasteiger partial charge on any atom is 0.347 e. The van der Waals surface area contributed by atoms with E-state index in [1.165, 1.54) is 5.56 Å². The zero-order valence-corrected chi connectivity index (χ0v) is 15.6. The number of hydrogen-bond donors (Lipinski definition) is 3. The van der Waals surface area contributed by atoms with Gasteiger partial charge in [0.25, 0.3) is 0 Å². The van der Waals surface area contributed by atoms with Crippen LogP contribution in [0.5, 0.6) is 0 Å². The van der Waals surface area contributed by atoms with Gasteiger partial charge in [0, 0.05) is 27.5 Å². The van der Waals surface area contributed by atoms with Gasteiger partial charge in [-0.1, -0.05) is 41.4 Å². The quantitative estimate of drug-likeness (QED) is 0.477. The number of benzene rings is 2. The first kappa shape index (κ1) is 17.3. The van der Waals surface area contributed by atoms with E-state index in [1.807, 2.05) is 50.2 Å². The lowest BCUT2D eigenvalue weighted by Crippen LogP contribution is -2.28. The fourth-order valence-electron chi connectivity index (χ4n) is 3.19. The summed E-state index contributed by atoms with van der Waals surface area (Å²) in [5.74, 6) is 0.522. The van der Waals surface area contributed by atoms with E-state index in [0.717, 1.165) is 28.1 Å². The highest BCUT2D eigenvalue weighted by atomic mass is 35.5. The molecule has 2 heterocycles. The first-order valence-corrected chi connectivity index (χ1v) is 8.91. The Labute approximate surface area is 161 Å². The van der Waals surface area contributed by atoms with Crippen molar-refractivity contribution in [3.8, 4) is 0 Å². The molecule has 0 fully saturated rings. The minimum atomic E-state index is -0.391. The highest BCUT2D eigenvalue weighted by molar-refractivity contribution is 6.30. The zero-order chi connectivity index (χ0) is 19.0. The minimum Gasteiger partial charge on any atom is -0.339 e. The first-order chi connectivity index (χ1) is 13.0. The van der Waals surface area contributed by atoms with Crippen molar-refractivity contribution in [2.45, 2.75) is 19.9 Å². The van der Waals surface area contributed by atoms with E-state index < -0.39 is 5.69 Å². The van der Waals surface area contributed by atoms with Crippen LogP contribution in [-0.4, -0.2) is 16.2 Å². The topological polar surface area (TPSA) is 82.2 Å². The van der Waals surface area contributed by atoms with Gasteiger partial charge < -0.3 is 10.3 Å². The second-order valence-electron chi connectivity index (χ2n) is 6.52. The van der Waals surface area contributed by atoms with Crippen molar-refractivity contribution in [2.75, 3.05) is 5.32 Å². The van der Waals surface area contributed by atoms with E-state index in [1.54, 1.807) is 12.3 Å². The Morgan fingerprint density at radius 1 is 1.19 bits per heavy atom. The fourth-order valence-corrected chi connectivity index (χ4v) is 3.37. The summed E-state index contributed by atoms with van der Waals surface area (Å²) >= 11 is 6.21. The lowest BCUT2D eigenvalue weighted by atomic mass is 9.93. The van der Waals surface area contributed by atoms with Gasteiger partial charge in [-0.25, -0.2) is 4.79 Å². The maximum absolute atomic E-state index is 11.8. The lowest BCUT2D eigenvalue weighted by Gasteiger charge is -2.29. The molecule has 0 spiro atoms. The van der Waals surface area contributed by atoms with Crippen molar-refractivity contribution < 1.29 is 0 Å². The van der Waals surface area contributed by atoms with E-state index in [0.29, 0.717) is 10.8 Å². The number of hydrogen-bond acceptors (Lipinski definition) is 5. The second kappa shape index (κ2) is 6.89. The third-order valence-electron chi connectivity index (χ3n) is 4.53. The van der Waals surface area contributed by atoms with Crippen molar-refractivity contribution >= 4 is 29.3 Å². The normalized spacial score (nSPS) is 15.1. The molecule has 1 atom stereocenters. The molecule has 0 amide bonds. The van der Waals surface area contributed by atoms with Gasteiger partial charge in [0.2, 0.25) is 0 Å². The van der Waals surface area contributed by atoms with Crippen LogP contribution < -0.4 is 16.4 Å². The van der Waals surface area contributed by atoms with Gasteiger partial charge in [0.1, 0.15) is 11.9 Å². The number of nitrogens with one attached hydrogen (secondary N) is 3. The Bertz CT molecular complexity index is 1090. The van der Waals surface area contributed by atoms with Crippen LogP contribution in [0.25, 0.3) is 0 Å². The second-order valence-corrected chi connectivity index (χ2v) is 6.95. The van der Waals surface area contributed by atoms with Gasteiger partial charge in [-0.05, 0) is 37.6 Å². The largest absolute Gasteiger partial charge is 0.347 e. The van der Waals surface area contributed by atoms with E-state index in [4.69, 9.17) is 11.6 Å². The van der Waals surface area contributed by atoms with Crippen LogP contribution >= 0.6 is 11.6 Å². The van der Waals surface area contributed by atoms with Crippen molar-refractivity contribution in [1.29, 1.82) is 0 Å². The van der Waals surface area contributed by atoms with Crippen molar-refractivity contribution in [2.24, 2.45) is 5.10 Å². The number of rotatable bonds is 3. The maximum atomic E-state index is 11.8. The summed E-state index contributed by atoms with van der Waals surface area (Å²) in [6.45, 7) is 3.89. The van der Waals surface area contributed by atoms with Gasteiger partial charge in [-0.2, -0.15) is 10.1 Å². The standard InChI is InChI=1S/C20H18ClN5O/c1-11-3-5-13(6-4-11)10-22-26-18-15-9-14(21)7-8-16(15)24-19-17(18)12(2)23-20(27)25-19/h3-10,18,26H,1-2H3,(H2,23,24,25,27). The van der Waals surface area contributed by atoms with E-state index in [2.05, 4.69) is 25.8 Å². The van der Waals surface area contributed by atoms with Crippen LogP contribution in [0.1, 0.15) is 34.0 Å². The van der Waals surface area contributed by atoms with Crippen LogP contribution in [0, 0.1) is 13.8 Å². The summed E-state index contributed by atoms with van der Waals surface area (Å²) in [7, 11) is 0. The molecule has 3 N–H and O–H groups in total. The van der Waals surface area contributed by atoms with Gasteiger partial charge >= 0.3 is 5.69 Å². The summed E-state index contributed by atoms with van der Waals surface area (Å²) in [5, 5.41) is 8.26. The van der Waals surface area contributed by atoms with Gasteiger partial charge in [-0.15, -0.1) is 0 Å². The lowest BCUT2D eigenvalue weighted by molar-refractivity contribution is 0.629. The molecule has 1 aromatic heterocycles. The Morgan fingerprint density at radius 2 is 1.96 bits per heavy atom. The summed E-state index contributed by atoms with van der Waals surface area (Å²) < 4.78 is 0. The monoisotopic (exact) mass is 379 g/mol. The fraction of sp³-hybridized carbons (Fsp3) is 0.150. The van der Waals surface area contributed by atoms with E-state index in [-0.39, 0.29) is 6.04 Å². The smallest absolute Gasteiger partial charge is 0.339 e. The molecule has 1 unspecified atom stereocenters. The Balaban J connectivity index is 1.73. The number of nitrogens with zero attached hydrogens (tertiary/aromatic N) is 2. The molecule has 2 aromatic carbocycles. The molecule has 0 saturated carbocycles. The van der Waals surface area contributed by atoms with Crippen LogP contribution in [0.2, 0.25) is 5.02 Å². The molecule has 0 radical (unpaired) electrons. The average Bonchev–Trinajstić information content (AvgIpc) is 2.63. The number of halogens is 1. The third kappa shape index (κ3) is 3.44. The van der Waals surface area contributed by atoms with E-state index >= 15 is 0 Å². The number of aromatic nitrogens is 2. The zero-order valence-electron chi connectivity index (χ0n) is 14.9. The molecular weight excluding hydrogens is 362 g/mol. The van der Waals surface area contributed by atoms with Crippen molar-refractivity contribution in [3.05, 3.63) is 85.9 Å². The first-order valence-electron chi connectivity index (χ1n) is 8.54. The van der Waals surface area contributed by atoms with Crippen LogP contribution in [0.4, 0.5) is 11.5 Å². The molecule has 136 valence electrons. The summed E-state index contributed by atoms with van der Waals surface area (Å²) in [6.07, 6.45) is 1.76. The average molecular weight is 380 g/mol. The minimum absolute atomic E-state index is 0.291. The molecule has 7 heteroatoms. The van der Waals surface area contributed by atoms with Crippen molar-refractivity contribution in [3.63, 3.8) is 0 Å². The molecular formula is C20H18ClN5O. The highest BCUT2D eigenvalue weighted by Crippen LogP contribution is 2.40.